The van der Waals surface area contributed by atoms with Crippen LogP contribution in [-0.4, -0.2) is 9.38 Å². The first-order valence-electron chi connectivity index (χ1n) is 6.18. The second kappa shape index (κ2) is 5.28. The Kier molecular flexibility index (Phi) is 3.63. The summed E-state index contributed by atoms with van der Waals surface area (Å²) in [6, 6.07) is 5.57. The van der Waals surface area contributed by atoms with E-state index >= 15 is 0 Å². The van der Waals surface area contributed by atoms with Crippen LogP contribution in [0.1, 0.15) is 16.3 Å². The third-order valence-corrected chi connectivity index (χ3v) is 4.86. The topological polar surface area (TPSA) is 29.3 Å². The lowest BCUT2D eigenvalue weighted by atomic mass is 10.3. The van der Waals surface area contributed by atoms with Crippen molar-refractivity contribution >= 4 is 45.2 Å². The van der Waals surface area contributed by atoms with Crippen LogP contribution in [0.15, 0.2) is 24.4 Å². The normalized spacial score (nSPS) is 11.2. The van der Waals surface area contributed by atoms with Gasteiger partial charge in [0.15, 0.2) is 4.96 Å². The fourth-order valence-electron chi connectivity index (χ4n) is 2.14. The maximum atomic E-state index is 6.18. The van der Waals surface area contributed by atoms with Crippen LogP contribution in [0.5, 0.6) is 0 Å². The molecule has 0 saturated carbocycles. The minimum absolute atomic E-state index is 0.550. The SMILES string of the molecule is Cc1cn2c(CNc3cccc(Cl)c3Cl)c(C)nc2s1. The summed E-state index contributed by atoms with van der Waals surface area (Å²) in [5.74, 6) is 0. The zero-order chi connectivity index (χ0) is 14.3. The third-order valence-electron chi connectivity index (χ3n) is 3.14. The van der Waals surface area contributed by atoms with E-state index < -0.39 is 0 Å². The van der Waals surface area contributed by atoms with Crippen molar-refractivity contribution in [3.05, 3.63) is 50.7 Å². The molecule has 0 aliphatic carbocycles. The van der Waals surface area contributed by atoms with Crippen LogP contribution in [0.25, 0.3) is 4.96 Å². The molecule has 1 N–H and O–H groups in total. The summed E-state index contributed by atoms with van der Waals surface area (Å²) < 4.78 is 2.13. The molecule has 1 aromatic carbocycles. The van der Waals surface area contributed by atoms with Gasteiger partial charge in [-0.15, -0.1) is 11.3 Å². The second-order valence-electron chi connectivity index (χ2n) is 4.59. The van der Waals surface area contributed by atoms with E-state index in [4.69, 9.17) is 23.2 Å². The van der Waals surface area contributed by atoms with Gasteiger partial charge < -0.3 is 5.32 Å². The first-order chi connectivity index (χ1) is 9.56. The highest BCUT2D eigenvalue weighted by atomic mass is 35.5. The average molecular weight is 326 g/mol. The zero-order valence-electron chi connectivity index (χ0n) is 11.1. The van der Waals surface area contributed by atoms with E-state index in [0.29, 0.717) is 16.6 Å². The predicted octanol–water partition coefficient (Wildman–Crippen LogP) is 4.93. The van der Waals surface area contributed by atoms with E-state index in [1.165, 1.54) is 4.88 Å². The molecule has 0 radical (unpaired) electrons. The lowest BCUT2D eigenvalue weighted by molar-refractivity contribution is 0.991. The predicted molar refractivity (Wildman–Crippen MR) is 86.3 cm³/mol. The van der Waals surface area contributed by atoms with E-state index in [9.17, 15) is 0 Å². The number of fused-ring (bicyclic) bond motifs is 1. The van der Waals surface area contributed by atoms with Crippen molar-refractivity contribution in [2.24, 2.45) is 0 Å². The monoisotopic (exact) mass is 325 g/mol. The van der Waals surface area contributed by atoms with Crippen molar-refractivity contribution in [3.63, 3.8) is 0 Å². The van der Waals surface area contributed by atoms with Crippen LogP contribution in [0.2, 0.25) is 10.0 Å². The fourth-order valence-corrected chi connectivity index (χ4v) is 3.40. The molecule has 2 aromatic heterocycles. The van der Waals surface area contributed by atoms with Crippen LogP contribution in [0.3, 0.4) is 0 Å². The highest BCUT2D eigenvalue weighted by Gasteiger charge is 2.11. The van der Waals surface area contributed by atoms with Gasteiger partial charge >= 0.3 is 0 Å². The zero-order valence-corrected chi connectivity index (χ0v) is 13.4. The number of aromatic nitrogens is 2. The number of hydrogen-bond acceptors (Lipinski definition) is 3. The van der Waals surface area contributed by atoms with E-state index in [0.717, 1.165) is 22.0 Å². The van der Waals surface area contributed by atoms with Crippen molar-refractivity contribution < 1.29 is 0 Å². The summed E-state index contributed by atoms with van der Waals surface area (Å²) >= 11 is 13.9. The highest BCUT2D eigenvalue weighted by molar-refractivity contribution is 7.17. The minimum Gasteiger partial charge on any atom is -0.378 e. The molecule has 0 aliphatic rings. The first-order valence-corrected chi connectivity index (χ1v) is 7.75. The molecule has 0 atom stereocenters. The molecule has 3 rings (SSSR count). The Labute approximate surface area is 131 Å². The number of hydrogen-bond donors (Lipinski definition) is 1. The smallest absolute Gasteiger partial charge is 0.194 e. The number of thiazole rings is 1. The molecule has 20 heavy (non-hydrogen) atoms. The molecular weight excluding hydrogens is 313 g/mol. The number of anilines is 1. The molecule has 0 spiro atoms. The number of benzene rings is 1. The summed E-state index contributed by atoms with van der Waals surface area (Å²) in [6.07, 6.45) is 2.11. The lowest BCUT2D eigenvalue weighted by Gasteiger charge is -2.09. The van der Waals surface area contributed by atoms with E-state index in [2.05, 4.69) is 27.8 Å². The van der Waals surface area contributed by atoms with Crippen LogP contribution < -0.4 is 5.32 Å². The Morgan fingerprint density at radius 1 is 1.30 bits per heavy atom. The van der Waals surface area contributed by atoms with Crippen LogP contribution in [0.4, 0.5) is 5.69 Å². The molecule has 3 aromatic rings. The van der Waals surface area contributed by atoms with E-state index in [1.807, 2.05) is 19.1 Å². The third kappa shape index (κ3) is 2.39. The summed E-state index contributed by atoms with van der Waals surface area (Å²) in [6.45, 7) is 4.76. The Balaban J connectivity index is 1.90. The molecule has 0 bridgehead atoms. The number of nitrogens with zero attached hydrogens (tertiary/aromatic N) is 2. The van der Waals surface area contributed by atoms with Crippen LogP contribution >= 0.6 is 34.5 Å². The van der Waals surface area contributed by atoms with Gasteiger partial charge in [-0.1, -0.05) is 29.3 Å². The second-order valence-corrected chi connectivity index (χ2v) is 6.59. The molecule has 6 heteroatoms. The van der Waals surface area contributed by atoms with Gasteiger partial charge in [0.05, 0.1) is 33.7 Å². The molecule has 104 valence electrons. The van der Waals surface area contributed by atoms with Gasteiger partial charge in [0.2, 0.25) is 0 Å². The maximum Gasteiger partial charge on any atom is 0.194 e. The minimum atomic E-state index is 0.550. The quantitative estimate of drug-likeness (QED) is 0.739. The van der Waals surface area contributed by atoms with Gasteiger partial charge in [0, 0.05) is 11.1 Å². The van der Waals surface area contributed by atoms with Crippen molar-refractivity contribution in [3.8, 4) is 0 Å². The Hall–Kier alpha value is -1.23. The lowest BCUT2D eigenvalue weighted by Crippen LogP contribution is -2.04. The van der Waals surface area contributed by atoms with Crippen LogP contribution in [-0.2, 0) is 6.54 Å². The summed E-state index contributed by atoms with van der Waals surface area (Å²) in [5.41, 5.74) is 3.00. The molecule has 0 fully saturated rings. The van der Waals surface area contributed by atoms with Gasteiger partial charge in [-0.25, -0.2) is 4.98 Å². The molecule has 2 heterocycles. The average Bonchev–Trinajstić information content (AvgIpc) is 2.87. The van der Waals surface area contributed by atoms with Crippen molar-refractivity contribution in [1.82, 2.24) is 9.38 Å². The standard InChI is InChI=1S/C14H13Cl2N3S/c1-8-7-19-12(9(2)18-14(19)20-8)6-17-11-5-3-4-10(15)13(11)16/h3-5,7,17H,6H2,1-2H3. The Morgan fingerprint density at radius 3 is 2.90 bits per heavy atom. The maximum absolute atomic E-state index is 6.18. The number of halogens is 2. The van der Waals surface area contributed by atoms with E-state index in [-0.39, 0.29) is 0 Å². The largest absolute Gasteiger partial charge is 0.378 e. The Bertz CT molecular complexity index is 776. The number of rotatable bonds is 3. The fraction of sp³-hybridized carbons (Fsp3) is 0.214. The van der Waals surface area contributed by atoms with Crippen LogP contribution in [0, 0.1) is 13.8 Å². The Morgan fingerprint density at radius 2 is 2.10 bits per heavy atom. The molecule has 0 unspecified atom stereocenters. The highest BCUT2D eigenvalue weighted by Crippen LogP contribution is 2.30. The molecule has 3 nitrogen and oxygen atoms in total. The summed E-state index contributed by atoms with van der Waals surface area (Å²) in [7, 11) is 0. The van der Waals surface area contributed by atoms with Gasteiger partial charge in [0.1, 0.15) is 0 Å². The van der Waals surface area contributed by atoms with Gasteiger partial charge in [-0.05, 0) is 26.0 Å². The molecule has 0 aliphatic heterocycles. The summed E-state index contributed by atoms with van der Waals surface area (Å²) in [4.78, 5) is 6.84. The molecule has 0 amide bonds. The van der Waals surface area contributed by atoms with Gasteiger partial charge in [-0.2, -0.15) is 0 Å². The van der Waals surface area contributed by atoms with Gasteiger partial charge in [0.25, 0.3) is 0 Å². The van der Waals surface area contributed by atoms with Crippen molar-refractivity contribution in [2.45, 2.75) is 20.4 Å². The number of aryl methyl sites for hydroxylation is 2. The van der Waals surface area contributed by atoms with Gasteiger partial charge in [-0.3, -0.25) is 4.40 Å². The summed E-state index contributed by atoms with van der Waals surface area (Å²) in [5, 5.41) is 4.43. The van der Waals surface area contributed by atoms with Crippen molar-refractivity contribution in [1.29, 1.82) is 0 Å². The molecular formula is C14H13Cl2N3S. The molecule has 0 saturated heterocycles. The first kappa shape index (κ1) is 13.7. The van der Waals surface area contributed by atoms with Crippen molar-refractivity contribution in [2.75, 3.05) is 5.32 Å². The number of imidazole rings is 1. The number of nitrogens with one attached hydrogen (secondary N) is 1. The van der Waals surface area contributed by atoms with E-state index in [1.54, 1.807) is 17.4 Å².